The Balaban J connectivity index is 0.00000220. The highest BCUT2D eigenvalue weighted by atomic mass is 35.5. The van der Waals surface area contributed by atoms with Crippen LogP contribution >= 0.6 is 36.2 Å². The number of hydrogen-bond acceptors (Lipinski definition) is 4. The first-order valence-corrected chi connectivity index (χ1v) is 7.54. The quantitative estimate of drug-likeness (QED) is 0.800. The van der Waals surface area contributed by atoms with E-state index in [0.29, 0.717) is 12.1 Å². The maximum absolute atomic E-state index is 12.0. The first kappa shape index (κ1) is 20.7. The normalized spacial score (nSPS) is 11.0. The van der Waals surface area contributed by atoms with Crippen molar-refractivity contribution in [2.75, 3.05) is 5.73 Å². The summed E-state index contributed by atoms with van der Waals surface area (Å²) >= 11 is 1.63. The van der Waals surface area contributed by atoms with Gasteiger partial charge in [0.25, 0.3) is 0 Å². The molecule has 1 heterocycles. The molecule has 2 aromatic rings. The van der Waals surface area contributed by atoms with Gasteiger partial charge in [0.05, 0.1) is 23.2 Å². The monoisotopic (exact) mass is 361 g/mol. The van der Waals surface area contributed by atoms with E-state index in [1.165, 1.54) is 0 Å². The van der Waals surface area contributed by atoms with Gasteiger partial charge in [0.15, 0.2) is 0 Å². The molecule has 0 saturated heterocycles. The van der Waals surface area contributed by atoms with Crippen LogP contribution in [0.5, 0.6) is 0 Å². The topological polar surface area (TPSA) is 68.0 Å². The minimum atomic E-state index is -0.0622. The molecule has 7 heteroatoms. The van der Waals surface area contributed by atoms with Gasteiger partial charge in [-0.25, -0.2) is 4.98 Å². The first-order valence-electron chi connectivity index (χ1n) is 6.66. The van der Waals surface area contributed by atoms with Gasteiger partial charge in [-0.05, 0) is 31.0 Å². The number of rotatable bonds is 5. The molecule has 1 aromatic heterocycles. The summed E-state index contributed by atoms with van der Waals surface area (Å²) in [6.45, 7) is 4.03. The molecule has 3 N–H and O–H groups in total. The fourth-order valence-electron chi connectivity index (χ4n) is 1.87. The third-order valence-electron chi connectivity index (χ3n) is 3.04. The third-order valence-corrected chi connectivity index (χ3v) is 4.05. The Morgan fingerprint density at radius 2 is 1.95 bits per heavy atom. The number of halogens is 2. The van der Waals surface area contributed by atoms with Crippen molar-refractivity contribution in [2.24, 2.45) is 0 Å². The molecule has 4 nitrogen and oxygen atoms in total. The van der Waals surface area contributed by atoms with E-state index in [2.05, 4.69) is 17.2 Å². The zero-order chi connectivity index (χ0) is 14.5. The first-order chi connectivity index (χ1) is 9.58. The van der Waals surface area contributed by atoms with Crippen molar-refractivity contribution in [3.8, 4) is 0 Å². The summed E-state index contributed by atoms with van der Waals surface area (Å²) in [5.41, 5.74) is 8.21. The van der Waals surface area contributed by atoms with Crippen molar-refractivity contribution in [3.05, 3.63) is 45.9 Å². The molecular formula is C15H21Cl2N3OS. The molecule has 2 rings (SSSR count). The van der Waals surface area contributed by atoms with Crippen molar-refractivity contribution in [1.82, 2.24) is 10.3 Å². The Morgan fingerprint density at radius 3 is 2.50 bits per heavy atom. The van der Waals surface area contributed by atoms with Crippen LogP contribution in [0.1, 0.15) is 36.2 Å². The maximum atomic E-state index is 12.0. The van der Waals surface area contributed by atoms with Crippen LogP contribution in [-0.2, 0) is 17.6 Å². The Morgan fingerprint density at radius 1 is 1.32 bits per heavy atom. The van der Waals surface area contributed by atoms with E-state index in [9.17, 15) is 4.79 Å². The number of aromatic nitrogens is 1. The number of nitrogens with one attached hydrogen (secondary N) is 1. The van der Waals surface area contributed by atoms with Crippen LogP contribution in [0.15, 0.2) is 29.6 Å². The summed E-state index contributed by atoms with van der Waals surface area (Å²) in [6.07, 6.45) is 1.28. The molecule has 0 bridgehead atoms. The Kier molecular flexibility index (Phi) is 9.09. The van der Waals surface area contributed by atoms with Crippen LogP contribution in [-0.4, -0.2) is 10.9 Å². The second-order valence-corrected chi connectivity index (χ2v) is 5.67. The minimum Gasteiger partial charge on any atom is -0.399 e. The molecule has 1 amide bonds. The third kappa shape index (κ3) is 5.83. The number of benzene rings is 1. The highest BCUT2D eigenvalue weighted by Crippen LogP contribution is 2.17. The summed E-state index contributed by atoms with van der Waals surface area (Å²) in [6, 6.07) is 7.29. The molecule has 0 spiro atoms. The lowest BCUT2D eigenvalue weighted by molar-refractivity contribution is -0.121. The second kappa shape index (κ2) is 9.66. The summed E-state index contributed by atoms with van der Waals surface area (Å²) in [4.78, 5) is 16.5. The van der Waals surface area contributed by atoms with Gasteiger partial charge in [-0.1, -0.05) is 19.1 Å². The van der Waals surface area contributed by atoms with Gasteiger partial charge in [0.2, 0.25) is 5.91 Å². The van der Waals surface area contributed by atoms with E-state index < -0.39 is 0 Å². The average Bonchev–Trinajstić information content (AvgIpc) is 2.90. The highest BCUT2D eigenvalue weighted by Gasteiger charge is 2.12. The summed E-state index contributed by atoms with van der Waals surface area (Å²) in [5.74, 6) is -0.00619. The summed E-state index contributed by atoms with van der Waals surface area (Å²) in [5, 5.41) is 6.07. The van der Waals surface area contributed by atoms with Gasteiger partial charge in [0.1, 0.15) is 0 Å². The molecule has 0 fully saturated rings. The predicted molar refractivity (Wildman–Crippen MR) is 97.1 cm³/mol. The van der Waals surface area contributed by atoms with Crippen LogP contribution in [0.25, 0.3) is 0 Å². The Hall–Kier alpha value is -1.30. The van der Waals surface area contributed by atoms with Gasteiger partial charge >= 0.3 is 0 Å². The molecule has 0 saturated carbocycles. The van der Waals surface area contributed by atoms with Crippen molar-refractivity contribution in [3.63, 3.8) is 0 Å². The van der Waals surface area contributed by atoms with Gasteiger partial charge in [-0.15, -0.1) is 36.2 Å². The lowest BCUT2D eigenvalue weighted by atomic mass is 10.1. The van der Waals surface area contributed by atoms with E-state index >= 15 is 0 Å². The SMILES string of the molecule is CCc1nc(C(C)NC(=O)Cc2ccc(N)cc2)cs1.Cl.Cl. The van der Waals surface area contributed by atoms with E-state index in [1.54, 1.807) is 23.5 Å². The molecular weight excluding hydrogens is 341 g/mol. The van der Waals surface area contributed by atoms with Crippen molar-refractivity contribution in [2.45, 2.75) is 32.7 Å². The molecule has 0 radical (unpaired) electrons. The van der Waals surface area contributed by atoms with Crippen molar-refractivity contribution < 1.29 is 4.79 Å². The number of hydrogen-bond donors (Lipinski definition) is 2. The van der Waals surface area contributed by atoms with Gasteiger partial charge in [-0.3, -0.25) is 4.79 Å². The van der Waals surface area contributed by atoms with Gasteiger partial charge < -0.3 is 11.1 Å². The van der Waals surface area contributed by atoms with E-state index in [4.69, 9.17) is 5.73 Å². The smallest absolute Gasteiger partial charge is 0.224 e. The highest BCUT2D eigenvalue weighted by molar-refractivity contribution is 7.09. The standard InChI is InChI=1S/C15H19N3OS.2ClH/c1-3-15-18-13(9-20-15)10(2)17-14(19)8-11-4-6-12(16)7-5-11;;/h4-7,9-10H,3,8,16H2,1-2H3,(H,17,19);2*1H. The molecule has 22 heavy (non-hydrogen) atoms. The zero-order valence-corrected chi connectivity index (χ0v) is 15.0. The number of nitrogen functional groups attached to an aromatic ring is 1. The average molecular weight is 362 g/mol. The van der Waals surface area contributed by atoms with Crippen LogP contribution in [0, 0.1) is 0 Å². The number of aryl methyl sites for hydroxylation is 1. The maximum Gasteiger partial charge on any atom is 0.224 e. The summed E-state index contributed by atoms with van der Waals surface area (Å²) < 4.78 is 0. The molecule has 122 valence electrons. The minimum absolute atomic E-state index is 0. The van der Waals surface area contributed by atoms with Gasteiger partial charge in [0, 0.05) is 11.1 Å². The van der Waals surface area contributed by atoms with Crippen LogP contribution in [0.2, 0.25) is 0 Å². The zero-order valence-electron chi connectivity index (χ0n) is 12.5. The lowest BCUT2D eigenvalue weighted by Gasteiger charge is -2.11. The number of anilines is 1. The molecule has 0 aliphatic carbocycles. The number of amides is 1. The second-order valence-electron chi connectivity index (χ2n) is 4.73. The van der Waals surface area contributed by atoms with Crippen molar-refractivity contribution in [1.29, 1.82) is 0 Å². The largest absolute Gasteiger partial charge is 0.399 e. The van der Waals surface area contributed by atoms with E-state index in [-0.39, 0.29) is 36.8 Å². The number of carbonyl (C=O) groups excluding carboxylic acids is 1. The number of carbonyl (C=O) groups is 1. The predicted octanol–water partition coefficient (Wildman–Crippen LogP) is 3.55. The van der Waals surface area contributed by atoms with E-state index in [0.717, 1.165) is 22.7 Å². The van der Waals surface area contributed by atoms with Crippen LogP contribution < -0.4 is 11.1 Å². The van der Waals surface area contributed by atoms with Crippen LogP contribution in [0.4, 0.5) is 5.69 Å². The molecule has 0 aliphatic heterocycles. The Bertz CT molecular complexity index is 587. The summed E-state index contributed by atoms with van der Waals surface area (Å²) in [7, 11) is 0. The lowest BCUT2D eigenvalue weighted by Crippen LogP contribution is -2.28. The molecule has 1 aromatic carbocycles. The fourth-order valence-corrected chi connectivity index (χ4v) is 2.71. The molecule has 1 atom stereocenters. The van der Waals surface area contributed by atoms with Crippen LogP contribution in [0.3, 0.4) is 0 Å². The number of nitrogens with zero attached hydrogens (tertiary/aromatic N) is 1. The number of nitrogens with two attached hydrogens (primary N) is 1. The van der Waals surface area contributed by atoms with Crippen molar-refractivity contribution >= 4 is 47.7 Å². The van der Waals surface area contributed by atoms with Gasteiger partial charge in [-0.2, -0.15) is 0 Å². The molecule has 1 unspecified atom stereocenters. The molecule has 0 aliphatic rings. The fraction of sp³-hybridized carbons (Fsp3) is 0.333. The number of thiazole rings is 1. The Labute approximate surface area is 147 Å². The van der Waals surface area contributed by atoms with E-state index in [1.807, 2.05) is 24.4 Å².